The highest BCUT2D eigenvalue weighted by atomic mass is 32.1. The van der Waals surface area contributed by atoms with Gasteiger partial charge in [-0.3, -0.25) is 4.79 Å². The van der Waals surface area contributed by atoms with E-state index in [9.17, 15) is 4.79 Å². The quantitative estimate of drug-likeness (QED) is 0.690. The van der Waals surface area contributed by atoms with Crippen LogP contribution in [0.15, 0.2) is 47.8 Å². The Labute approximate surface area is 167 Å². The van der Waals surface area contributed by atoms with Crippen molar-refractivity contribution in [1.82, 2.24) is 20.5 Å². The van der Waals surface area contributed by atoms with E-state index in [1.807, 2.05) is 41.8 Å². The Kier molecular flexibility index (Phi) is 5.89. The summed E-state index contributed by atoms with van der Waals surface area (Å²) in [5.41, 5.74) is 2.40. The number of hydrogen-bond acceptors (Lipinski definition) is 7. The zero-order chi connectivity index (χ0) is 19.2. The second kappa shape index (κ2) is 8.90. The predicted molar refractivity (Wildman–Crippen MR) is 109 cm³/mol. The van der Waals surface area contributed by atoms with Gasteiger partial charge < -0.3 is 15.0 Å². The number of amides is 1. The summed E-state index contributed by atoms with van der Waals surface area (Å²) in [5, 5.41) is 14.2. The molecule has 0 atom stereocenters. The summed E-state index contributed by atoms with van der Waals surface area (Å²) in [6.45, 7) is 3.46. The molecule has 0 radical (unpaired) electrons. The summed E-state index contributed by atoms with van der Waals surface area (Å²) in [7, 11) is 0. The Hall–Kier alpha value is -2.84. The molecule has 0 unspecified atom stereocenters. The molecule has 1 fully saturated rings. The number of carbonyl (C=O) groups is 1. The normalized spacial score (nSPS) is 14.1. The van der Waals surface area contributed by atoms with Crippen LogP contribution in [0.2, 0.25) is 0 Å². The number of ether oxygens (including phenoxy) is 1. The monoisotopic (exact) mass is 395 g/mol. The van der Waals surface area contributed by atoms with Gasteiger partial charge in [0.1, 0.15) is 5.01 Å². The van der Waals surface area contributed by atoms with E-state index in [0.29, 0.717) is 31.9 Å². The highest BCUT2D eigenvalue weighted by Gasteiger charge is 2.14. The number of carbonyl (C=O) groups excluding carboxylic acids is 1. The van der Waals surface area contributed by atoms with Crippen molar-refractivity contribution in [3.63, 3.8) is 0 Å². The van der Waals surface area contributed by atoms with Crippen LogP contribution in [0.1, 0.15) is 16.2 Å². The van der Waals surface area contributed by atoms with E-state index >= 15 is 0 Å². The summed E-state index contributed by atoms with van der Waals surface area (Å²) in [6.07, 6.45) is 0.675. The lowest BCUT2D eigenvalue weighted by molar-refractivity contribution is 0.0948. The summed E-state index contributed by atoms with van der Waals surface area (Å²) in [4.78, 5) is 19.0. The van der Waals surface area contributed by atoms with Crippen LogP contribution in [0, 0.1) is 0 Å². The number of morpholine rings is 1. The minimum Gasteiger partial charge on any atom is -0.378 e. The average molecular weight is 395 g/mol. The molecule has 1 amide bonds. The summed E-state index contributed by atoms with van der Waals surface area (Å²) in [5.74, 6) is 0.551. The van der Waals surface area contributed by atoms with Gasteiger partial charge in [0.15, 0.2) is 11.5 Å². The summed E-state index contributed by atoms with van der Waals surface area (Å²) >= 11 is 1.61. The molecule has 1 saturated heterocycles. The van der Waals surface area contributed by atoms with Gasteiger partial charge in [-0.25, -0.2) is 4.98 Å². The highest BCUT2D eigenvalue weighted by Crippen LogP contribution is 2.23. The topological polar surface area (TPSA) is 80.2 Å². The van der Waals surface area contributed by atoms with Gasteiger partial charge in [-0.05, 0) is 12.1 Å². The van der Waals surface area contributed by atoms with Gasteiger partial charge in [0.25, 0.3) is 5.91 Å². The lowest BCUT2D eigenvalue weighted by Gasteiger charge is -2.27. The van der Waals surface area contributed by atoms with E-state index in [2.05, 4.69) is 25.4 Å². The van der Waals surface area contributed by atoms with Crippen LogP contribution in [-0.2, 0) is 11.2 Å². The molecule has 0 saturated carbocycles. The molecule has 3 heterocycles. The molecule has 4 rings (SSSR count). The third-order valence-electron chi connectivity index (χ3n) is 4.46. The summed E-state index contributed by atoms with van der Waals surface area (Å²) in [6, 6.07) is 13.6. The molecule has 0 bridgehead atoms. The number of nitrogens with one attached hydrogen (secondary N) is 1. The number of benzene rings is 1. The molecule has 1 aliphatic heterocycles. The molecule has 0 spiro atoms. The van der Waals surface area contributed by atoms with E-state index < -0.39 is 0 Å². The smallest absolute Gasteiger partial charge is 0.271 e. The second-order valence-corrected chi connectivity index (χ2v) is 7.25. The van der Waals surface area contributed by atoms with Crippen molar-refractivity contribution in [3.05, 3.63) is 59.2 Å². The number of aromatic nitrogens is 3. The Morgan fingerprint density at radius 1 is 1.11 bits per heavy atom. The molecule has 28 heavy (non-hydrogen) atoms. The van der Waals surface area contributed by atoms with Crippen LogP contribution < -0.4 is 10.2 Å². The lowest BCUT2D eigenvalue weighted by atomic mass is 10.2. The molecule has 2 aromatic heterocycles. The molecular formula is C20H21N5O2S. The minimum absolute atomic E-state index is 0.223. The number of hydrogen-bond donors (Lipinski definition) is 1. The maximum Gasteiger partial charge on any atom is 0.271 e. The molecule has 7 nitrogen and oxygen atoms in total. The maximum absolute atomic E-state index is 12.3. The largest absolute Gasteiger partial charge is 0.378 e. The van der Waals surface area contributed by atoms with Crippen molar-refractivity contribution >= 4 is 23.1 Å². The van der Waals surface area contributed by atoms with Crippen molar-refractivity contribution in [2.75, 3.05) is 37.7 Å². The fraction of sp³-hybridized carbons (Fsp3) is 0.300. The first-order valence-electron chi connectivity index (χ1n) is 9.24. The van der Waals surface area contributed by atoms with Crippen molar-refractivity contribution in [2.24, 2.45) is 0 Å². The van der Waals surface area contributed by atoms with Crippen LogP contribution in [0.3, 0.4) is 0 Å². The molecule has 0 aliphatic carbocycles. The zero-order valence-electron chi connectivity index (χ0n) is 15.4. The van der Waals surface area contributed by atoms with Crippen molar-refractivity contribution in [2.45, 2.75) is 6.42 Å². The number of thiazole rings is 1. The van der Waals surface area contributed by atoms with E-state index in [-0.39, 0.29) is 5.91 Å². The first kappa shape index (κ1) is 18.5. The minimum atomic E-state index is -0.223. The third-order valence-corrected chi connectivity index (χ3v) is 5.40. The Bertz CT molecular complexity index is 908. The number of anilines is 1. The van der Waals surface area contributed by atoms with E-state index in [1.54, 1.807) is 17.4 Å². The van der Waals surface area contributed by atoms with Gasteiger partial charge in [0, 0.05) is 37.0 Å². The number of rotatable bonds is 6. The van der Waals surface area contributed by atoms with Gasteiger partial charge >= 0.3 is 0 Å². The number of nitrogens with zero attached hydrogens (tertiary/aromatic N) is 4. The first-order chi connectivity index (χ1) is 13.8. The Morgan fingerprint density at radius 3 is 2.68 bits per heavy atom. The molecular weight excluding hydrogens is 374 g/mol. The second-order valence-electron chi connectivity index (χ2n) is 6.39. The standard InChI is InChI=1S/C20H21N5O2S/c26-19(17-6-7-18(24-23-17)25-10-12-27-13-11-25)21-9-8-16-14-28-20(22-16)15-4-2-1-3-5-15/h1-7,14H,8-13H2,(H,21,26). The van der Waals surface area contributed by atoms with Crippen LogP contribution in [0.5, 0.6) is 0 Å². The maximum atomic E-state index is 12.3. The van der Waals surface area contributed by atoms with Crippen molar-refractivity contribution in [3.8, 4) is 10.6 Å². The van der Waals surface area contributed by atoms with Gasteiger partial charge in [-0.15, -0.1) is 21.5 Å². The highest BCUT2D eigenvalue weighted by molar-refractivity contribution is 7.13. The SMILES string of the molecule is O=C(NCCc1csc(-c2ccccc2)n1)c1ccc(N2CCOCC2)nn1. The third kappa shape index (κ3) is 4.52. The van der Waals surface area contributed by atoms with E-state index in [4.69, 9.17) is 4.74 Å². The fourth-order valence-electron chi connectivity index (χ4n) is 2.94. The Balaban J connectivity index is 1.28. The van der Waals surface area contributed by atoms with Crippen molar-refractivity contribution in [1.29, 1.82) is 0 Å². The first-order valence-corrected chi connectivity index (χ1v) is 10.1. The van der Waals surface area contributed by atoms with Crippen molar-refractivity contribution < 1.29 is 9.53 Å². The predicted octanol–water partition coefficient (Wildman–Crippen LogP) is 2.41. The fourth-order valence-corrected chi connectivity index (χ4v) is 3.80. The van der Waals surface area contributed by atoms with Crippen LogP contribution in [0.25, 0.3) is 10.6 Å². The van der Waals surface area contributed by atoms with Crippen LogP contribution in [-0.4, -0.2) is 53.9 Å². The summed E-state index contributed by atoms with van der Waals surface area (Å²) < 4.78 is 5.33. The Morgan fingerprint density at radius 2 is 1.93 bits per heavy atom. The average Bonchev–Trinajstić information content (AvgIpc) is 3.24. The molecule has 1 aliphatic rings. The van der Waals surface area contributed by atoms with Crippen LogP contribution >= 0.6 is 11.3 Å². The van der Waals surface area contributed by atoms with Gasteiger partial charge in [0.05, 0.1) is 18.9 Å². The van der Waals surface area contributed by atoms with Gasteiger partial charge in [-0.2, -0.15) is 0 Å². The molecule has 8 heteroatoms. The molecule has 3 aromatic rings. The van der Waals surface area contributed by atoms with E-state index in [0.717, 1.165) is 35.2 Å². The molecule has 1 N–H and O–H groups in total. The van der Waals surface area contributed by atoms with E-state index in [1.165, 1.54) is 0 Å². The van der Waals surface area contributed by atoms with Crippen LogP contribution in [0.4, 0.5) is 5.82 Å². The van der Waals surface area contributed by atoms with Gasteiger partial charge in [0.2, 0.25) is 0 Å². The zero-order valence-corrected chi connectivity index (χ0v) is 16.2. The van der Waals surface area contributed by atoms with Gasteiger partial charge in [-0.1, -0.05) is 30.3 Å². The molecule has 1 aromatic carbocycles. The lowest BCUT2D eigenvalue weighted by Crippen LogP contribution is -2.37. The molecule has 144 valence electrons.